The molecule has 1 aromatic carbocycles. The van der Waals surface area contributed by atoms with Crippen molar-refractivity contribution >= 4 is 28.1 Å². The van der Waals surface area contributed by atoms with Gasteiger partial charge in [0, 0.05) is 49.0 Å². The Kier molecular flexibility index (Phi) is 5.57. The molecule has 6 nitrogen and oxygen atoms in total. The lowest BCUT2D eigenvalue weighted by Crippen LogP contribution is -2.41. The van der Waals surface area contributed by atoms with E-state index in [2.05, 4.69) is 20.5 Å². The summed E-state index contributed by atoms with van der Waals surface area (Å²) in [7, 11) is 0. The number of thiazole rings is 1. The molecule has 3 rings (SSSR count). The van der Waals surface area contributed by atoms with Crippen LogP contribution in [0.15, 0.2) is 35.8 Å². The minimum atomic E-state index is -0.0546. The molecule has 7 heteroatoms. The second-order valence-electron chi connectivity index (χ2n) is 5.25. The van der Waals surface area contributed by atoms with E-state index in [1.54, 1.807) is 6.20 Å². The van der Waals surface area contributed by atoms with E-state index in [-0.39, 0.29) is 5.91 Å². The van der Waals surface area contributed by atoms with Crippen molar-refractivity contribution in [2.75, 3.05) is 44.7 Å². The van der Waals surface area contributed by atoms with Crippen molar-refractivity contribution < 1.29 is 9.53 Å². The summed E-state index contributed by atoms with van der Waals surface area (Å²) < 4.78 is 5.31. The molecular formula is C16H20N4O2S. The first-order chi connectivity index (χ1) is 11.3. The van der Waals surface area contributed by atoms with Crippen molar-refractivity contribution in [3.63, 3.8) is 0 Å². The topological polar surface area (TPSA) is 66.5 Å². The highest BCUT2D eigenvalue weighted by atomic mass is 32.1. The molecular weight excluding hydrogens is 312 g/mol. The van der Waals surface area contributed by atoms with Gasteiger partial charge in [-0.2, -0.15) is 0 Å². The van der Waals surface area contributed by atoms with Crippen molar-refractivity contribution in [3.05, 3.63) is 41.4 Å². The van der Waals surface area contributed by atoms with Crippen LogP contribution in [-0.2, 0) is 4.74 Å². The number of carbonyl (C=O) groups is 1. The fourth-order valence-corrected chi connectivity index (χ4v) is 2.95. The SMILES string of the molecule is O=C(NCCN1CCOCC1)c1cccc(Nc2nccs2)c1. The molecule has 122 valence electrons. The van der Waals surface area contributed by atoms with Crippen LogP contribution < -0.4 is 10.6 Å². The van der Waals surface area contributed by atoms with Gasteiger partial charge >= 0.3 is 0 Å². The minimum absolute atomic E-state index is 0.0546. The summed E-state index contributed by atoms with van der Waals surface area (Å²) in [6.45, 7) is 4.91. The van der Waals surface area contributed by atoms with Gasteiger partial charge in [0.1, 0.15) is 0 Å². The summed E-state index contributed by atoms with van der Waals surface area (Å²) in [5, 5.41) is 8.88. The lowest BCUT2D eigenvalue weighted by molar-refractivity contribution is 0.0383. The Labute approximate surface area is 139 Å². The smallest absolute Gasteiger partial charge is 0.251 e. The van der Waals surface area contributed by atoms with Crippen molar-refractivity contribution in [2.24, 2.45) is 0 Å². The molecule has 2 aromatic rings. The number of hydrogen-bond donors (Lipinski definition) is 2. The van der Waals surface area contributed by atoms with Crippen LogP contribution in [0, 0.1) is 0 Å². The Bertz CT molecular complexity index is 627. The maximum atomic E-state index is 12.2. The number of nitrogens with zero attached hydrogens (tertiary/aromatic N) is 2. The Balaban J connectivity index is 1.50. The third-order valence-corrected chi connectivity index (χ3v) is 4.31. The highest BCUT2D eigenvalue weighted by Gasteiger charge is 2.11. The van der Waals surface area contributed by atoms with Crippen LogP contribution in [0.1, 0.15) is 10.4 Å². The first-order valence-corrected chi connectivity index (χ1v) is 8.54. The van der Waals surface area contributed by atoms with Gasteiger partial charge in [0.05, 0.1) is 13.2 Å². The number of ether oxygens (including phenoxy) is 1. The molecule has 0 spiro atoms. The van der Waals surface area contributed by atoms with Gasteiger partial charge in [0.25, 0.3) is 5.91 Å². The number of amides is 1. The van der Waals surface area contributed by atoms with E-state index in [1.165, 1.54) is 11.3 Å². The third-order valence-electron chi connectivity index (χ3n) is 3.63. The molecule has 23 heavy (non-hydrogen) atoms. The van der Waals surface area contributed by atoms with Gasteiger partial charge in [-0.3, -0.25) is 9.69 Å². The summed E-state index contributed by atoms with van der Waals surface area (Å²) in [5.41, 5.74) is 1.51. The molecule has 0 unspecified atom stereocenters. The van der Waals surface area contributed by atoms with Crippen LogP contribution in [0.4, 0.5) is 10.8 Å². The zero-order chi connectivity index (χ0) is 15.9. The van der Waals surface area contributed by atoms with E-state index in [9.17, 15) is 4.79 Å². The highest BCUT2D eigenvalue weighted by Crippen LogP contribution is 2.19. The van der Waals surface area contributed by atoms with E-state index >= 15 is 0 Å². The average Bonchev–Trinajstić information content (AvgIpc) is 3.09. The second kappa shape index (κ2) is 8.05. The molecule has 0 aliphatic carbocycles. The molecule has 2 heterocycles. The molecule has 1 aliphatic rings. The van der Waals surface area contributed by atoms with Gasteiger partial charge in [0.15, 0.2) is 5.13 Å². The number of anilines is 2. The molecule has 1 aliphatic heterocycles. The highest BCUT2D eigenvalue weighted by molar-refractivity contribution is 7.13. The van der Waals surface area contributed by atoms with Gasteiger partial charge in [-0.1, -0.05) is 6.07 Å². The van der Waals surface area contributed by atoms with Crippen LogP contribution in [0.25, 0.3) is 0 Å². The van der Waals surface area contributed by atoms with Crippen LogP contribution in [0.2, 0.25) is 0 Å². The number of rotatable bonds is 6. The summed E-state index contributed by atoms with van der Waals surface area (Å²) in [5.74, 6) is -0.0546. The predicted octanol–water partition coefficient (Wildman–Crippen LogP) is 1.95. The monoisotopic (exact) mass is 332 g/mol. The lowest BCUT2D eigenvalue weighted by atomic mass is 10.2. The quantitative estimate of drug-likeness (QED) is 0.846. The molecule has 0 atom stereocenters. The van der Waals surface area contributed by atoms with Crippen molar-refractivity contribution in [1.29, 1.82) is 0 Å². The summed E-state index contributed by atoms with van der Waals surface area (Å²) in [4.78, 5) is 18.7. The molecule has 1 saturated heterocycles. The Morgan fingerprint density at radius 2 is 2.22 bits per heavy atom. The minimum Gasteiger partial charge on any atom is -0.379 e. The van der Waals surface area contributed by atoms with Crippen molar-refractivity contribution in [2.45, 2.75) is 0 Å². The maximum Gasteiger partial charge on any atom is 0.251 e. The second-order valence-corrected chi connectivity index (χ2v) is 6.15. The van der Waals surface area contributed by atoms with Crippen LogP contribution in [-0.4, -0.2) is 55.2 Å². The number of benzene rings is 1. The fraction of sp³-hybridized carbons (Fsp3) is 0.375. The van der Waals surface area contributed by atoms with Gasteiger partial charge in [-0.15, -0.1) is 11.3 Å². The number of hydrogen-bond acceptors (Lipinski definition) is 6. The fourth-order valence-electron chi connectivity index (χ4n) is 2.40. The van der Waals surface area contributed by atoms with Crippen molar-refractivity contribution in [1.82, 2.24) is 15.2 Å². The summed E-state index contributed by atoms with van der Waals surface area (Å²) >= 11 is 1.52. The molecule has 1 amide bonds. The lowest BCUT2D eigenvalue weighted by Gasteiger charge is -2.26. The van der Waals surface area contributed by atoms with E-state index in [0.717, 1.165) is 43.7 Å². The van der Waals surface area contributed by atoms with Crippen LogP contribution >= 0.6 is 11.3 Å². The number of aromatic nitrogens is 1. The molecule has 1 fully saturated rings. The number of morpholine rings is 1. The maximum absolute atomic E-state index is 12.2. The first kappa shape index (κ1) is 15.9. The van der Waals surface area contributed by atoms with E-state index in [4.69, 9.17) is 4.74 Å². The van der Waals surface area contributed by atoms with Gasteiger partial charge in [0.2, 0.25) is 0 Å². The van der Waals surface area contributed by atoms with Gasteiger partial charge < -0.3 is 15.4 Å². The molecule has 1 aromatic heterocycles. The van der Waals surface area contributed by atoms with E-state index in [1.807, 2.05) is 29.6 Å². The van der Waals surface area contributed by atoms with E-state index < -0.39 is 0 Å². The standard InChI is InChI=1S/C16H20N4O2S/c21-15(17-4-6-20-7-9-22-10-8-20)13-2-1-3-14(12-13)19-16-18-5-11-23-16/h1-3,5,11-12H,4,6-10H2,(H,17,21)(H,18,19). The first-order valence-electron chi connectivity index (χ1n) is 7.66. The average molecular weight is 332 g/mol. The largest absolute Gasteiger partial charge is 0.379 e. The molecule has 0 radical (unpaired) electrons. The zero-order valence-corrected chi connectivity index (χ0v) is 13.6. The normalized spacial score (nSPS) is 15.3. The zero-order valence-electron chi connectivity index (χ0n) is 12.8. The van der Waals surface area contributed by atoms with Crippen molar-refractivity contribution in [3.8, 4) is 0 Å². The van der Waals surface area contributed by atoms with Gasteiger partial charge in [-0.05, 0) is 18.2 Å². The number of nitrogens with one attached hydrogen (secondary N) is 2. The Morgan fingerprint density at radius 3 is 3.00 bits per heavy atom. The summed E-state index contributed by atoms with van der Waals surface area (Å²) in [6.07, 6.45) is 1.75. The third kappa shape index (κ3) is 4.75. The molecule has 2 N–H and O–H groups in total. The Morgan fingerprint density at radius 1 is 1.35 bits per heavy atom. The predicted molar refractivity (Wildman–Crippen MR) is 91.4 cm³/mol. The molecule has 0 bridgehead atoms. The number of carbonyl (C=O) groups excluding carboxylic acids is 1. The van der Waals surface area contributed by atoms with Gasteiger partial charge in [-0.25, -0.2) is 4.98 Å². The van der Waals surface area contributed by atoms with Crippen LogP contribution in [0.3, 0.4) is 0 Å². The summed E-state index contributed by atoms with van der Waals surface area (Å²) in [6, 6.07) is 7.45. The van der Waals surface area contributed by atoms with E-state index in [0.29, 0.717) is 12.1 Å². The Hall–Kier alpha value is -1.96. The van der Waals surface area contributed by atoms with Crippen LogP contribution in [0.5, 0.6) is 0 Å². The molecule has 0 saturated carbocycles.